The molecule has 0 N–H and O–H groups in total. The van der Waals surface area contributed by atoms with Crippen LogP contribution in [0.5, 0.6) is 0 Å². The predicted octanol–water partition coefficient (Wildman–Crippen LogP) is 2.92. The molecular weight excluding hydrogens is 172 g/mol. The normalized spacial score (nSPS) is 45.5. The van der Waals surface area contributed by atoms with Gasteiger partial charge in [-0.3, -0.25) is 0 Å². The van der Waals surface area contributed by atoms with Gasteiger partial charge in [0.25, 0.3) is 5.67 Å². The van der Waals surface area contributed by atoms with Crippen LogP contribution in [0.25, 0.3) is 0 Å². The lowest BCUT2D eigenvalue weighted by atomic mass is 9.56. The first-order valence-corrected chi connectivity index (χ1v) is 3.51. The summed E-state index contributed by atoms with van der Waals surface area (Å²) in [6, 6.07) is 0. The molecule has 4 heteroatoms. The smallest absolute Gasteiger partial charge is 0.229 e. The van der Waals surface area contributed by atoms with Crippen LogP contribution in [0.3, 0.4) is 0 Å². The van der Waals surface area contributed by atoms with Gasteiger partial charge in [0, 0.05) is 11.1 Å². The van der Waals surface area contributed by atoms with Crippen LogP contribution in [0.2, 0.25) is 0 Å². The van der Waals surface area contributed by atoms with Crippen LogP contribution in [0.1, 0.15) is 13.8 Å². The summed E-state index contributed by atoms with van der Waals surface area (Å²) in [6.07, 6.45) is 0. The molecule has 0 saturated heterocycles. The largest absolute Gasteiger partial charge is 0.254 e. The molecule has 0 nitrogen and oxygen atoms in total. The summed E-state index contributed by atoms with van der Waals surface area (Å²) in [7, 11) is 0. The molecule has 0 atom stereocenters. The second kappa shape index (κ2) is 1.60. The Morgan fingerprint density at radius 3 is 1.42 bits per heavy atom. The van der Waals surface area contributed by atoms with Crippen molar-refractivity contribution in [1.29, 1.82) is 0 Å². The highest BCUT2D eigenvalue weighted by atomic mass is 19.2. The van der Waals surface area contributed by atoms with E-state index in [1.807, 2.05) is 0 Å². The minimum Gasteiger partial charge on any atom is -0.229 e. The molecule has 0 aromatic rings. The number of rotatable bonds is 0. The number of allylic oxidation sites excluding steroid dienone is 4. The number of fused-ring (bicyclic) bond motifs is 1. The van der Waals surface area contributed by atoms with E-state index in [1.165, 1.54) is 0 Å². The topological polar surface area (TPSA) is 0 Å². The molecule has 0 aromatic carbocycles. The van der Waals surface area contributed by atoms with Crippen molar-refractivity contribution < 1.29 is 17.6 Å². The van der Waals surface area contributed by atoms with Crippen LogP contribution >= 0.6 is 0 Å². The van der Waals surface area contributed by atoms with E-state index >= 15 is 0 Å². The summed E-state index contributed by atoms with van der Waals surface area (Å²) in [5.41, 5.74) is -6.27. The van der Waals surface area contributed by atoms with E-state index in [0.29, 0.717) is 0 Å². The van der Waals surface area contributed by atoms with E-state index in [0.717, 1.165) is 13.8 Å². The Labute approximate surface area is 66.6 Å². The van der Waals surface area contributed by atoms with Crippen LogP contribution in [0.15, 0.2) is 22.8 Å². The highest BCUT2D eigenvalue weighted by Crippen LogP contribution is 2.68. The molecule has 0 unspecified atom stereocenters. The predicted molar refractivity (Wildman–Crippen MR) is 35.3 cm³/mol. The lowest BCUT2D eigenvalue weighted by Gasteiger charge is -2.54. The van der Waals surface area contributed by atoms with E-state index < -0.39 is 23.0 Å². The van der Waals surface area contributed by atoms with Gasteiger partial charge in [-0.1, -0.05) is 0 Å². The number of alkyl halides is 2. The highest BCUT2D eigenvalue weighted by Gasteiger charge is 2.78. The van der Waals surface area contributed by atoms with Gasteiger partial charge >= 0.3 is 0 Å². The Morgan fingerprint density at radius 2 is 1.17 bits per heavy atom. The molecule has 0 radical (unpaired) electrons. The van der Waals surface area contributed by atoms with Gasteiger partial charge in [0.05, 0.1) is 0 Å². The first kappa shape index (κ1) is 7.83. The molecule has 2 aliphatic rings. The molecule has 0 heterocycles. The average molecular weight is 178 g/mol. The molecule has 0 bridgehead atoms. The summed E-state index contributed by atoms with van der Waals surface area (Å²) in [6.45, 7) is 2.26. The van der Waals surface area contributed by atoms with E-state index in [9.17, 15) is 17.6 Å². The molecule has 0 amide bonds. The van der Waals surface area contributed by atoms with Crippen molar-refractivity contribution in [3.8, 4) is 0 Å². The molecule has 0 spiro atoms. The maximum Gasteiger partial charge on any atom is 0.254 e. The molecule has 12 heavy (non-hydrogen) atoms. The maximum atomic E-state index is 13.4. The molecular formula is C8H6F4. The van der Waals surface area contributed by atoms with Crippen molar-refractivity contribution in [3.63, 3.8) is 0 Å². The van der Waals surface area contributed by atoms with E-state index in [2.05, 4.69) is 0 Å². The number of hydrogen-bond donors (Lipinski definition) is 0. The fraction of sp³-hybridized carbons (Fsp3) is 0.500. The van der Waals surface area contributed by atoms with Crippen molar-refractivity contribution in [1.82, 2.24) is 0 Å². The third-order valence-electron chi connectivity index (χ3n) is 2.77. The van der Waals surface area contributed by atoms with Crippen molar-refractivity contribution in [3.05, 3.63) is 22.8 Å². The van der Waals surface area contributed by atoms with Crippen LogP contribution in [-0.2, 0) is 0 Å². The van der Waals surface area contributed by atoms with Crippen molar-refractivity contribution in [2.24, 2.45) is 0 Å². The SMILES string of the molecule is CC1=C(F)C2(F)C(F)=C(C)C12F. The first-order valence-electron chi connectivity index (χ1n) is 3.51. The molecule has 2 aliphatic carbocycles. The average Bonchev–Trinajstić information content (AvgIpc) is 2.10. The van der Waals surface area contributed by atoms with Gasteiger partial charge < -0.3 is 0 Å². The van der Waals surface area contributed by atoms with Crippen LogP contribution in [0, 0.1) is 0 Å². The van der Waals surface area contributed by atoms with Gasteiger partial charge in [-0.15, -0.1) is 0 Å². The summed E-state index contributed by atoms with van der Waals surface area (Å²) < 4.78 is 51.8. The van der Waals surface area contributed by atoms with E-state index in [1.54, 1.807) is 0 Å². The Hall–Kier alpha value is -0.800. The standard InChI is InChI=1S/C8H6F4/c1-3-5(9)8(12)6(10)4(2)7(3,8)11/h1-2H3. The van der Waals surface area contributed by atoms with Gasteiger partial charge in [0.15, 0.2) is 11.7 Å². The van der Waals surface area contributed by atoms with Gasteiger partial charge in [-0.2, -0.15) is 0 Å². The Balaban J connectivity index is 2.61. The van der Waals surface area contributed by atoms with Gasteiger partial charge in [0.2, 0.25) is 5.67 Å². The second-order valence-corrected chi connectivity index (χ2v) is 3.19. The Bertz CT molecular complexity index is 279. The molecule has 0 fully saturated rings. The van der Waals surface area contributed by atoms with Crippen molar-refractivity contribution in [2.75, 3.05) is 0 Å². The second-order valence-electron chi connectivity index (χ2n) is 3.19. The lowest BCUT2D eigenvalue weighted by molar-refractivity contribution is -0.0435. The lowest BCUT2D eigenvalue weighted by Crippen LogP contribution is -2.66. The van der Waals surface area contributed by atoms with Gasteiger partial charge in [0.1, 0.15) is 0 Å². The van der Waals surface area contributed by atoms with E-state index in [-0.39, 0.29) is 11.1 Å². The first-order chi connectivity index (χ1) is 5.38. The van der Waals surface area contributed by atoms with Crippen LogP contribution < -0.4 is 0 Å². The molecule has 0 saturated carbocycles. The van der Waals surface area contributed by atoms with Gasteiger partial charge in [-0.25, -0.2) is 17.6 Å². The molecule has 66 valence electrons. The molecule has 2 rings (SSSR count). The van der Waals surface area contributed by atoms with Crippen molar-refractivity contribution in [2.45, 2.75) is 25.2 Å². The molecule has 0 aromatic heterocycles. The third-order valence-corrected chi connectivity index (χ3v) is 2.77. The summed E-state index contributed by atoms with van der Waals surface area (Å²) in [4.78, 5) is 0. The fourth-order valence-electron chi connectivity index (χ4n) is 1.89. The molecule has 0 aliphatic heterocycles. The Kier molecular flexibility index (Phi) is 1.05. The minimum atomic E-state index is -3.08. The monoisotopic (exact) mass is 178 g/mol. The highest BCUT2D eigenvalue weighted by molar-refractivity contribution is 5.66. The van der Waals surface area contributed by atoms with E-state index in [4.69, 9.17) is 0 Å². The van der Waals surface area contributed by atoms with Gasteiger partial charge in [-0.05, 0) is 13.8 Å². The van der Waals surface area contributed by atoms with Crippen molar-refractivity contribution >= 4 is 0 Å². The van der Waals surface area contributed by atoms with Crippen LogP contribution in [-0.4, -0.2) is 11.3 Å². The van der Waals surface area contributed by atoms with Crippen LogP contribution in [0.4, 0.5) is 17.6 Å². The summed E-state index contributed by atoms with van der Waals surface area (Å²) in [5, 5.41) is 0. The quantitative estimate of drug-likeness (QED) is 0.500. The summed E-state index contributed by atoms with van der Waals surface area (Å²) >= 11 is 0. The zero-order valence-electron chi connectivity index (χ0n) is 6.51. The number of hydrogen-bond acceptors (Lipinski definition) is 0. The zero-order chi connectivity index (χ0) is 9.31. The maximum absolute atomic E-state index is 13.4. The Morgan fingerprint density at radius 1 is 0.833 bits per heavy atom. The zero-order valence-corrected chi connectivity index (χ0v) is 6.51. The minimum absolute atomic E-state index is 0.344. The summed E-state index contributed by atoms with van der Waals surface area (Å²) in [5.74, 6) is -2.62. The number of halogens is 4. The fourth-order valence-corrected chi connectivity index (χ4v) is 1.89. The third kappa shape index (κ3) is 0.383.